The van der Waals surface area contributed by atoms with E-state index in [1.54, 1.807) is 0 Å². The molecule has 8 rings (SSSR count). The number of benzene rings is 7. The normalized spacial score (nSPS) is 12.2. The second kappa shape index (κ2) is 12.8. The van der Waals surface area contributed by atoms with Crippen LogP contribution >= 0.6 is 0 Å². The van der Waals surface area contributed by atoms with Crippen LogP contribution in [0.2, 0.25) is 0 Å². The zero-order valence-electron chi connectivity index (χ0n) is 26.4. The van der Waals surface area contributed by atoms with Gasteiger partial charge in [-0.05, 0) is 84.4 Å². The van der Waals surface area contributed by atoms with Crippen LogP contribution in [-0.2, 0) is 6.54 Å². The Hall–Kier alpha value is -6.32. The minimum Gasteiger partial charge on any atom is -0.398 e. The van der Waals surface area contributed by atoms with E-state index >= 15 is 0 Å². The molecule has 3 nitrogen and oxygen atoms in total. The third kappa shape index (κ3) is 5.74. The fraction of sp³-hybridized carbons (Fsp3) is 0.0222. The Labute approximate surface area is 280 Å². The summed E-state index contributed by atoms with van der Waals surface area (Å²) in [6.45, 7) is 0.562. The predicted molar refractivity (Wildman–Crippen MR) is 203 cm³/mol. The van der Waals surface area contributed by atoms with Crippen LogP contribution in [0.5, 0.6) is 0 Å². The van der Waals surface area contributed by atoms with E-state index in [-0.39, 0.29) is 0 Å². The Kier molecular flexibility index (Phi) is 7.77. The molecule has 1 heterocycles. The predicted octanol–water partition coefficient (Wildman–Crippen LogP) is 10.9. The lowest BCUT2D eigenvalue weighted by atomic mass is 9.92. The molecule has 2 N–H and O–H groups in total. The highest BCUT2D eigenvalue weighted by atomic mass is 14.7. The number of hydrogen-bond donors (Lipinski definition) is 1. The zero-order chi connectivity index (χ0) is 32.3. The molecular weight excluding hydrogens is 583 g/mol. The van der Waals surface area contributed by atoms with Gasteiger partial charge in [-0.25, -0.2) is 0 Å². The maximum atomic E-state index is 6.71. The van der Waals surface area contributed by atoms with Crippen LogP contribution in [0.4, 0.5) is 0 Å². The number of hydrogen-bond acceptors (Lipinski definition) is 3. The molecule has 8 aromatic rings. The molecule has 0 spiro atoms. The molecule has 0 atom stereocenters. The van der Waals surface area contributed by atoms with E-state index in [1.807, 2.05) is 60.8 Å². The Balaban J connectivity index is 1.15. The van der Waals surface area contributed by atoms with Crippen LogP contribution in [0.3, 0.4) is 0 Å². The van der Waals surface area contributed by atoms with E-state index in [2.05, 4.69) is 120 Å². The van der Waals surface area contributed by atoms with E-state index in [4.69, 9.17) is 10.7 Å². The molecule has 0 aliphatic rings. The van der Waals surface area contributed by atoms with Gasteiger partial charge >= 0.3 is 0 Å². The maximum Gasteiger partial charge on any atom is 0.0701 e. The maximum absolute atomic E-state index is 6.71. The standard InChI is InChI=1S/C45H33N3/c46-43(33-19-23-34(24-20-33)44-16-8-9-27-47-44)29-45(48-30-31-10-2-1-3-11-31)35-21-17-32(18-22-35)36-25-26-41-39-14-5-4-12-37(39)38-13-6-7-15-40(38)42(41)28-36/h1-29H,30,46H2/b43-29-,48-45?. The smallest absolute Gasteiger partial charge is 0.0701 e. The van der Waals surface area contributed by atoms with Crippen molar-refractivity contribution in [2.24, 2.45) is 10.7 Å². The molecule has 0 aliphatic heterocycles. The second-order valence-electron chi connectivity index (χ2n) is 12.0. The highest BCUT2D eigenvalue weighted by Crippen LogP contribution is 2.37. The molecule has 0 saturated carbocycles. The third-order valence-electron chi connectivity index (χ3n) is 9.00. The quantitative estimate of drug-likeness (QED) is 0.143. The summed E-state index contributed by atoms with van der Waals surface area (Å²) in [6, 6.07) is 57.3. The summed E-state index contributed by atoms with van der Waals surface area (Å²) >= 11 is 0. The first-order valence-corrected chi connectivity index (χ1v) is 16.2. The molecule has 0 fully saturated rings. The Morgan fingerprint density at radius 2 is 1.04 bits per heavy atom. The Morgan fingerprint density at radius 3 is 1.69 bits per heavy atom. The van der Waals surface area contributed by atoms with Crippen LogP contribution in [0.15, 0.2) is 181 Å². The van der Waals surface area contributed by atoms with Crippen LogP contribution in [0, 0.1) is 0 Å². The van der Waals surface area contributed by atoms with Gasteiger partial charge < -0.3 is 5.73 Å². The van der Waals surface area contributed by atoms with E-state index in [9.17, 15) is 0 Å². The molecule has 0 radical (unpaired) electrons. The van der Waals surface area contributed by atoms with Crippen molar-refractivity contribution in [2.45, 2.75) is 6.54 Å². The fourth-order valence-corrected chi connectivity index (χ4v) is 6.50. The molecule has 0 amide bonds. The molecular formula is C45H33N3. The number of nitrogens with zero attached hydrogens (tertiary/aromatic N) is 2. The average Bonchev–Trinajstić information content (AvgIpc) is 3.17. The first-order chi connectivity index (χ1) is 23.7. The third-order valence-corrected chi connectivity index (χ3v) is 9.00. The SMILES string of the molecule is N/C(=C\C(=NCc1ccccc1)c1ccc(-c2ccc3c4ccccc4c4ccccc4c3c2)cc1)c1ccc(-c2ccccn2)cc1. The highest BCUT2D eigenvalue weighted by Gasteiger charge is 2.11. The number of aliphatic imine (C=N–C) groups is 1. The molecule has 0 aliphatic carbocycles. The summed E-state index contributed by atoms with van der Waals surface area (Å²) < 4.78 is 0. The molecule has 1 aromatic heterocycles. The zero-order valence-corrected chi connectivity index (χ0v) is 26.4. The molecule has 7 aromatic carbocycles. The van der Waals surface area contributed by atoms with Crippen molar-refractivity contribution in [1.29, 1.82) is 0 Å². The molecule has 228 valence electrons. The van der Waals surface area contributed by atoms with Crippen molar-refractivity contribution < 1.29 is 0 Å². The summed E-state index contributed by atoms with van der Waals surface area (Å²) in [6.07, 6.45) is 3.79. The van der Waals surface area contributed by atoms with Gasteiger partial charge in [-0.1, -0.05) is 146 Å². The van der Waals surface area contributed by atoms with Crippen molar-refractivity contribution in [1.82, 2.24) is 4.98 Å². The van der Waals surface area contributed by atoms with Crippen molar-refractivity contribution in [3.8, 4) is 22.4 Å². The average molecular weight is 616 g/mol. The van der Waals surface area contributed by atoms with E-state index in [0.717, 1.165) is 39.2 Å². The van der Waals surface area contributed by atoms with Gasteiger partial charge in [0.2, 0.25) is 0 Å². The topological polar surface area (TPSA) is 51.3 Å². The fourth-order valence-electron chi connectivity index (χ4n) is 6.50. The summed E-state index contributed by atoms with van der Waals surface area (Å²) in [7, 11) is 0. The van der Waals surface area contributed by atoms with Gasteiger partial charge in [0.15, 0.2) is 0 Å². The molecule has 0 saturated heterocycles. The van der Waals surface area contributed by atoms with Crippen LogP contribution < -0.4 is 5.73 Å². The van der Waals surface area contributed by atoms with Gasteiger partial charge in [0.25, 0.3) is 0 Å². The van der Waals surface area contributed by atoms with E-state index < -0.39 is 0 Å². The number of allylic oxidation sites excluding steroid dienone is 1. The van der Waals surface area contributed by atoms with Crippen LogP contribution in [-0.4, -0.2) is 10.7 Å². The van der Waals surface area contributed by atoms with Crippen molar-refractivity contribution in [2.75, 3.05) is 0 Å². The molecule has 48 heavy (non-hydrogen) atoms. The van der Waals surface area contributed by atoms with Gasteiger partial charge in [-0.3, -0.25) is 9.98 Å². The number of pyridine rings is 1. The van der Waals surface area contributed by atoms with Crippen LogP contribution in [0.1, 0.15) is 16.7 Å². The Bertz CT molecular complexity index is 2410. The van der Waals surface area contributed by atoms with Gasteiger partial charge in [0.05, 0.1) is 18.0 Å². The van der Waals surface area contributed by atoms with Crippen molar-refractivity contribution >= 4 is 43.7 Å². The number of nitrogens with two attached hydrogens (primary N) is 1. The minimum absolute atomic E-state index is 0.562. The second-order valence-corrected chi connectivity index (χ2v) is 12.0. The Morgan fingerprint density at radius 1 is 0.500 bits per heavy atom. The van der Waals surface area contributed by atoms with Crippen molar-refractivity contribution in [3.05, 3.63) is 193 Å². The van der Waals surface area contributed by atoms with Crippen LogP contribution in [0.25, 0.3) is 60.4 Å². The first kappa shape index (κ1) is 29.1. The van der Waals surface area contributed by atoms with Gasteiger partial charge in [-0.15, -0.1) is 0 Å². The largest absolute Gasteiger partial charge is 0.398 e. The van der Waals surface area contributed by atoms with Gasteiger partial charge in [0, 0.05) is 17.5 Å². The number of rotatable bonds is 7. The van der Waals surface area contributed by atoms with E-state index in [1.165, 1.54) is 37.9 Å². The lowest BCUT2D eigenvalue weighted by molar-refractivity contribution is 1.07. The molecule has 0 unspecified atom stereocenters. The highest BCUT2D eigenvalue weighted by molar-refractivity contribution is 6.25. The summed E-state index contributed by atoms with van der Waals surface area (Å²) in [5.41, 5.74) is 15.6. The lowest BCUT2D eigenvalue weighted by Crippen LogP contribution is -2.04. The summed E-state index contributed by atoms with van der Waals surface area (Å²) in [5.74, 6) is 0. The summed E-state index contributed by atoms with van der Waals surface area (Å²) in [4.78, 5) is 9.52. The monoisotopic (exact) mass is 615 g/mol. The first-order valence-electron chi connectivity index (χ1n) is 16.2. The molecule has 3 heteroatoms. The molecule has 0 bridgehead atoms. The minimum atomic E-state index is 0.562. The van der Waals surface area contributed by atoms with Crippen molar-refractivity contribution in [3.63, 3.8) is 0 Å². The van der Waals surface area contributed by atoms with E-state index in [0.29, 0.717) is 12.2 Å². The number of fused-ring (bicyclic) bond motifs is 6. The summed E-state index contributed by atoms with van der Waals surface area (Å²) in [5, 5.41) is 7.66. The lowest BCUT2D eigenvalue weighted by Gasteiger charge is -2.12. The number of aromatic nitrogens is 1. The van der Waals surface area contributed by atoms with Gasteiger partial charge in [-0.2, -0.15) is 0 Å². The van der Waals surface area contributed by atoms with Gasteiger partial charge in [0.1, 0.15) is 0 Å².